The molecule has 1 aliphatic carbocycles. The minimum absolute atomic E-state index is 0.0457. The zero-order valence-corrected chi connectivity index (χ0v) is 36.7. The maximum absolute atomic E-state index is 14.8. The lowest BCUT2D eigenvalue weighted by Gasteiger charge is -2.34. The van der Waals surface area contributed by atoms with Crippen LogP contribution in [-0.4, -0.2) is 91.9 Å². The molecule has 63 heavy (non-hydrogen) atoms. The highest BCUT2D eigenvalue weighted by Crippen LogP contribution is 2.39. The largest absolute Gasteiger partial charge is 0.497 e. The minimum atomic E-state index is -4.34. The lowest BCUT2D eigenvalue weighted by molar-refractivity contribution is -0.142. The van der Waals surface area contributed by atoms with Crippen LogP contribution in [0.5, 0.6) is 23.0 Å². The first kappa shape index (κ1) is 44.4. The molecule has 3 aliphatic rings. The molecule has 0 saturated carbocycles. The van der Waals surface area contributed by atoms with Gasteiger partial charge in [0.25, 0.3) is 15.9 Å². The molecule has 4 atom stereocenters. The number of likely N-dealkylation sites (tertiary alicyclic amines) is 1. The summed E-state index contributed by atoms with van der Waals surface area (Å²) in [7, 11) is -2.79. The van der Waals surface area contributed by atoms with Crippen molar-refractivity contribution in [1.29, 1.82) is 0 Å². The molecule has 17 heteroatoms. The highest BCUT2D eigenvalue weighted by atomic mass is 32.2. The van der Waals surface area contributed by atoms with Crippen molar-refractivity contribution in [3.05, 3.63) is 97.1 Å². The highest BCUT2D eigenvalue weighted by molar-refractivity contribution is 7.90. The number of carbonyl (C=O) groups is 4. The molecule has 0 bridgehead atoms. The van der Waals surface area contributed by atoms with Gasteiger partial charge >= 0.3 is 6.09 Å². The SMILES string of the molecule is C=CC1=CC[C@@](NC(=O)[C@@H]2C[C@@H](Oc3cc(-c4ccc5c(c4)OCO5)nc4cc(OC)ccc34)CN2C(=O)[C@@H](NC(=O)OC(C)(C)C)C(C)C)(C(=O)NS(=O)(=O)c2ccccc2)C1. The number of allylic oxidation sites excluding steroid dienone is 1. The van der Waals surface area contributed by atoms with Crippen LogP contribution in [-0.2, 0) is 29.1 Å². The van der Waals surface area contributed by atoms with E-state index in [4.69, 9.17) is 28.7 Å². The van der Waals surface area contributed by atoms with Gasteiger partial charge in [0.1, 0.15) is 40.8 Å². The van der Waals surface area contributed by atoms with Crippen LogP contribution in [0.25, 0.3) is 22.2 Å². The zero-order valence-electron chi connectivity index (χ0n) is 35.9. The number of sulfonamides is 1. The maximum atomic E-state index is 14.8. The molecule has 16 nitrogen and oxygen atoms in total. The highest BCUT2D eigenvalue weighted by Gasteiger charge is 2.49. The second-order valence-corrected chi connectivity index (χ2v) is 18.7. The second-order valence-electron chi connectivity index (χ2n) is 17.0. The summed E-state index contributed by atoms with van der Waals surface area (Å²) in [5, 5.41) is 6.17. The van der Waals surface area contributed by atoms with Gasteiger partial charge in [-0.2, -0.15) is 0 Å². The molecule has 0 unspecified atom stereocenters. The molecule has 0 radical (unpaired) electrons. The summed E-state index contributed by atoms with van der Waals surface area (Å²) in [6.07, 6.45) is 1.45. The average molecular weight is 882 g/mol. The number of nitrogens with one attached hydrogen (secondary N) is 3. The van der Waals surface area contributed by atoms with Crippen LogP contribution in [0.15, 0.2) is 102 Å². The Balaban J connectivity index is 1.23. The third-order valence-corrected chi connectivity index (χ3v) is 12.3. The Labute approximate surface area is 366 Å². The van der Waals surface area contributed by atoms with Gasteiger partial charge in [0.15, 0.2) is 11.5 Å². The number of pyridine rings is 1. The van der Waals surface area contributed by atoms with Crippen LogP contribution in [0.4, 0.5) is 4.79 Å². The summed E-state index contributed by atoms with van der Waals surface area (Å²) in [5.41, 5.74) is -0.207. The van der Waals surface area contributed by atoms with Gasteiger partial charge in [0.05, 0.1) is 29.8 Å². The number of carbonyl (C=O) groups excluding carboxylic acids is 4. The Kier molecular flexibility index (Phi) is 12.4. The summed E-state index contributed by atoms with van der Waals surface area (Å²) in [5.74, 6) is -0.610. The molecule has 3 aromatic carbocycles. The fourth-order valence-electron chi connectivity index (χ4n) is 7.76. The maximum Gasteiger partial charge on any atom is 0.408 e. The number of aromatic nitrogens is 1. The zero-order chi connectivity index (χ0) is 45.3. The van der Waals surface area contributed by atoms with Crippen LogP contribution in [0.3, 0.4) is 0 Å². The molecule has 1 saturated heterocycles. The van der Waals surface area contributed by atoms with E-state index in [0.717, 1.165) is 0 Å². The molecular formula is C46H51N5O11S. The van der Waals surface area contributed by atoms with Crippen molar-refractivity contribution in [2.75, 3.05) is 20.4 Å². The molecule has 4 amide bonds. The molecule has 332 valence electrons. The smallest absolute Gasteiger partial charge is 0.408 e. The van der Waals surface area contributed by atoms with Gasteiger partial charge < -0.3 is 39.2 Å². The third kappa shape index (κ3) is 9.73. The first-order chi connectivity index (χ1) is 29.9. The topological polar surface area (TPSA) is 201 Å². The van der Waals surface area contributed by atoms with Crippen molar-refractivity contribution in [2.24, 2.45) is 5.92 Å². The van der Waals surface area contributed by atoms with E-state index >= 15 is 0 Å². The summed E-state index contributed by atoms with van der Waals surface area (Å²) in [6, 6.07) is 17.6. The number of hydrogen-bond acceptors (Lipinski definition) is 12. The number of ether oxygens (including phenoxy) is 5. The molecule has 1 fully saturated rings. The number of hydrogen-bond donors (Lipinski definition) is 3. The Morgan fingerprint density at radius 3 is 2.43 bits per heavy atom. The third-order valence-electron chi connectivity index (χ3n) is 11.0. The molecule has 7 rings (SSSR count). The number of alkyl carbamates (subject to hydrolysis) is 1. The van der Waals surface area contributed by atoms with E-state index in [0.29, 0.717) is 50.7 Å². The lowest BCUT2D eigenvalue weighted by atomic mass is 9.93. The number of rotatable bonds is 13. The summed E-state index contributed by atoms with van der Waals surface area (Å²) in [6.45, 7) is 12.4. The predicted octanol–water partition coefficient (Wildman–Crippen LogP) is 5.80. The van der Waals surface area contributed by atoms with Crippen molar-refractivity contribution in [3.63, 3.8) is 0 Å². The normalized spacial score (nSPS) is 19.9. The van der Waals surface area contributed by atoms with Crippen molar-refractivity contribution in [2.45, 2.75) is 88.1 Å². The van der Waals surface area contributed by atoms with Gasteiger partial charge in [-0.25, -0.2) is 22.9 Å². The van der Waals surface area contributed by atoms with Gasteiger partial charge in [-0.1, -0.05) is 50.8 Å². The van der Waals surface area contributed by atoms with E-state index < -0.39 is 69.1 Å². The van der Waals surface area contributed by atoms with Crippen molar-refractivity contribution < 1.29 is 51.3 Å². The van der Waals surface area contributed by atoms with Crippen LogP contribution in [0, 0.1) is 5.92 Å². The van der Waals surface area contributed by atoms with Crippen LogP contribution in [0.2, 0.25) is 0 Å². The standard InChI is InChI=1S/C46H51N5O11S/c1-8-28-18-19-46(24-28,43(54)50-63(56,57)32-12-10-9-11-13-32)49-41(52)36-22-31(25-51(36)42(53)40(27(2)3)48-44(55)62-45(4,5)6)61-38-23-34(29-14-17-37-39(20-29)60-26-59-37)47-35-21-30(58-7)15-16-33(35)38/h8-18,20-21,23,27,31,36,40H,1,19,22,24-26H2,2-7H3,(H,48,55)(H,49,52)(H,50,54)/t31-,36+,40+,46+/m1/s1. The van der Waals surface area contributed by atoms with E-state index in [9.17, 15) is 27.6 Å². The van der Waals surface area contributed by atoms with Gasteiger partial charge in [-0.3, -0.25) is 14.4 Å². The lowest BCUT2D eigenvalue weighted by Crippen LogP contribution is -2.62. The molecule has 2 aliphatic heterocycles. The average Bonchev–Trinajstić information content (AvgIpc) is 4.01. The minimum Gasteiger partial charge on any atom is -0.497 e. The number of nitrogens with zero attached hydrogens (tertiary/aromatic N) is 2. The summed E-state index contributed by atoms with van der Waals surface area (Å²) < 4.78 is 57.8. The van der Waals surface area contributed by atoms with Gasteiger partial charge in [-0.05, 0) is 81.1 Å². The fraction of sp³-hybridized carbons (Fsp3) is 0.370. The van der Waals surface area contributed by atoms with Gasteiger partial charge in [0, 0.05) is 35.9 Å². The molecule has 3 N–H and O–H groups in total. The number of fused-ring (bicyclic) bond motifs is 2. The molecule has 3 heterocycles. The van der Waals surface area contributed by atoms with Crippen molar-refractivity contribution in [3.8, 4) is 34.3 Å². The van der Waals surface area contributed by atoms with E-state index in [1.165, 1.54) is 35.2 Å². The van der Waals surface area contributed by atoms with Gasteiger partial charge in [0.2, 0.25) is 18.6 Å². The second kappa shape index (κ2) is 17.6. The molecule has 1 aromatic heterocycles. The Bertz CT molecular complexity index is 2590. The van der Waals surface area contributed by atoms with E-state index in [-0.39, 0.29) is 37.5 Å². The molecular weight excluding hydrogens is 831 g/mol. The first-order valence-corrected chi connectivity index (χ1v) is 22.0. The summed E-state index contributed by atoms with van der Waals surface area (Å²) in [4.78, 5) is 62.8. The predicted molar refractivity (Wildman–Crippen MR) is 233 cm³/mol. The fourth-order valence-corrected chi connectivity index (χ4v) is 8.83. The Morgan fingerprint density at radius 2 is 1.75 bits per heavy atom. The van der Waals surface area contributed by atoms with E-state index in [2.05, 4.69) is 21.9 Å². The molecule has 0 spiro atoms. The van der Waals surface area contributed by atoms with E-state index in [1.807, 2.05) is 12.1 Å². The van der Waals surface area contributed by atoms with Crippen LogP contribution < -0.4 is 34.3 Å². The summed E-state index contributed by atoms with van der Waals surface area (Å²) >= 11 is 0. The Hall–Kier alpha value is -6.62. The van der Waals surface area contributed by atoms with E-state index in [1.54, 1.807) is 84.2 Å². The quantitative estimate of drug-likeness (QED) is 0.146. The number of amides is 4. The van der Waals surface area contributed by atoms with Gasteiger partial charge in [-0.15, -0.1) is 0 Å². The molecule has 4 aromatic rings. The van der Waals surface area contributed by atoms with Crippen molar-refractivity contribution in [1.82, 2.24) is 25.2 Å². The van der Waals surface area contributed by atoms with Crippen molar-refractivity contribution >= 4 is 44.7 Å². The van der Waals surface area contributed by atoms with Crippen LogP contribution >= 0.6 is 0 Å². The van der Waals surface area contributed by atoms with Crippen LogP contribution in [0.1, 0.15) is 53.9 Å². The first-order valence-electron chi connectivity index (χ1n) is 20.5. The number of methoxy groups -OCH3 is 1. The Morgan fingerprint density at radius 1 is 1.00 bits per heavy atom. The number of benzene rings is 3. The monoisotopic (exact) mass is 881 g/mol.